The van der Waals surface area contributed by atoms with Gasteiger partial charge in [-0.15, -0.1) is 0 Å². The number of methoxy groups -OCH3 is 1. The molecular weight excluding hydrogens is 300 g/mol. The second-order valence-electron chi connectivity index (χ2n) is 8.12. The first kappa shape index (κ1) is 15.7. The Kier molecular flexibility index (Phi) is 3.52. The highest BCUT2D eigenvalue weighted by molar-refractivity contribution is 5.83. The lowest BCUT2D eigenvalue weighted by atomic mass is 9.55. The van der Waals surface area contributed by atoms with Gasteiger partial charge in [0.05, 0.1) is 25.1 Å². The highest BCUT2D eigenvalue weighted by atomic mass is 16.5. The molecule has 128 valence electrons. The highest BCUT2D eigenvalue weighted by Crippen LogP contribution is 2.66. The summed E-state index contributed by atoms with van der Waals surface area (Å²) in [5, 5.41) is 0. The third-order valence-corrected chi connectivity index (χ3v) is 7.12. The quantitative estimate of drug-likeness (QED) is 0.602. The molecule has 5 unspecified atom stereocenters. The molecule has 3 aliphatic carbocycles. The molecule has 4 rings (SSSR count). The zero-order valence-corrected chi connectivity index (χ0v) is 14.7. The average molecular weight is 326 g/mol. The molecule has 0 bridgehead atoms. The summed E-state index contributed by atoms with van der Waals surface area (Å²) in [5.41, 5.74) is 2.54. The Labute approximate surface area is 143 Å². The number of aryl methyl sites for hydroxylation is 1. The maximum absolute atomic E-state index is 12.5. The van der Waals surface area contributed by atoms with Gasteiger partial charge in [-0.1, -0.05) is 37.6 Å². The van der Waals surface area contributed by atoms with Crippen LogP contribution in [0.4, 0.5) is 0 Å². The summed E-state index contributed by atoms with van der Waals surface area (Å²) in [4.78, 5) is 12.5. The number of ether oxygens (including phenoxy) is 1. The molecule has 1 saturated carbocycles. The fourth-order valence-electron chi connectivity index (χ4n) is 5.36. The number of rotatable bonds is 4. The number of hydrogen-bond acceptors (Lipinski definition) is 3. The van der Waals surface area contributed by atoms with Crippen LogP contribution in [0.5, 0.6) is 0 Å². The van der Waals surface area contributed by atoms with Gasteiger partial charge >= 0.3 is 5.97 Å². The minimum Gasteiger partial charge on any atom is -0.472 e. The van der Waals surface area contributed by atoms with Crippen LogP contribution in [0.15, 0.2) is 46.8 Å². The Bertz CT molecular complexity index is 699. The monoisotopic (exact) mass is 326 g/mol. The van der Waals surface area contributed by atoms with Crippen molar-refractivity contribution in [3.63, 3.8) is 0 Å². The minimum atomic E-state index is -0.397. The number of esters is 1. The van der Waals surface area contributed by atoms with E-state index in [1.165, 1.54) is 18.2 Å². The molecule has 24 heavy (non-hydrogen) atoms. The molecule has 0 spiro atoms. The van der Waals surface area contributed by atoms with Crippen molar-refractivity contribution in [3.8, 4) is 0 Å². The first-order valence-electron chi connectivity index (χ1n) is 8.99. The molecule has 3 aliphatic rings. The van der Waals surface area contributed by atoms with E-state index in [0.29, 0.717) is 17.8 Å². The van der Waals surface area contributed by atoms with Crippen LogP contribution in [0.25, 0.3) is 0 Å². The van der Waals surface area contributed by atoms with E-state index in [1.807, 2.05) is 6.26 Å². The number of hydrogen-bond donors (Lipinski definition) is 0. The SMILES string of the molecule is COC(=O)C12C=CC1C1C(=CCC(C)C1(C)CCc1ccoc1)C2. The van der Waals surface area contributed by atoms with Gasteiger partial charge < -0.3 is 9.15 Å². The molecular formula is C21H26O3. The van der Waals surface area contributed by atoms with E-state index in [-0.39, 0.29) is 11.4 Å². The van der Waals surface area contributed by atoms with Gasteiger partial charge in [0.15, 0.2) is 0 Å². The zero-order valence-electron chi connectivity index (χ0n) is 14.7. The lowest BCUT2D eigenvalue weighted by Gasteiger charge is -2.49. The van der Waals surface area contributed by atoms with E-state index in [0.717, 1.165) is 25.7 Å². The molecule has 1 fully saturated rings. The fraction of sp³-hybridized carbons (Fsp3) is 0.571. The maximum atomic E-state index is 12.5. The molecule has 5 atom stereocenters. The molecule has 1 aromatic rings. The van der Waals surface area contributed by atoms with Crippen LogP contribution in [0.3, 0.4) is 0 Å². The minimum absolute atomic E-state index is 0.0601. The Morgan fingerprint density at radius 3 is 2.92 bits per heavy atom. The molecule has 1 aromatic heterocycles. The van der Waals surface area contributed by atoms with Gasteiger partial charge in [-0.2, -0.15) is 0 Å². The number of furan rings is 1. The van der Waals surface area contributed by atoms with E-state index < -0.39 is 5.41 Å². The predicted molar refractivity (Wildman–Crippen MR) is 92.2 cm³/mol. The first-order valence-corrected chi connectivity index (χ1v) is 8.99. The number of allylic oxidation sites excluding steroid dienone is 3. The Balaban J connectivity index is 1.64. The highest BCUT2D eigenvalue weighted by Gasteiger charge is 2.63. The normalized spacial score (nSPS) is 39.6. The van der Waals surface area contributed by atoms with Gasteiger partial charge in [-0.05, 0) is 54.6 Å². The Morgan fingerprint density at radius 1 is 1.46 bits per heavy atom. The molecule has 0 aromatic carbocycles. The number of fused-ring (bicyclic) bond motifs is 3. The smallest absolute Gasteiger partial charge is 0.316 e. The fourth-order valence-corrected chi connectivity index (χ4v) is 5.36. The van der Waals surface area contributed by atoms with Crippen molar-refractivity contribution in [2.24, 2.45) is 28.6 Å². The van der Waals surface area contributed by atoms with Gasteiger partial charge in [0.1, 0.15) is 0 Å². The average Bonchev–Trinajstić information content (AvgIpc) is 3.15. The summed E-state index contributed by atoms with van der Waals surface area (Å²) in [6.45, 7) is 4.79. The largest absolute Gasteiger partial charge is 0.472 e. The van der Waals surface area contributed by atoms with Crippen LogP contribution < -0.4 is 0 Å². The van der Waals surface area contributed by atoms with Crippen LogP contribution in [0, 0.1) is 28.6 Å². The van der Waals surface area contributed by atoms with Gasteiger partial charge in [0.25, 0.3) is 0 Å². The van der Waals surface area contributed by atoms with Crippen molar-refractivity contribution < 1.29 is 13.9 Å². The summed E-state index contributed by atoms with van der Waals surface area (Å²) < 4.78 is 10.4. The summed E-state index contributed by atoms with van der Waals surface area (Å²) >= 11 is 0. The standard InChI is InChI=1S/C21H26O3/c1-14-4-5-16-12-21(19(22)23-3)10-7-17(21)18(16)20(14,2)9-6-15-8-11-24-13-15/h5,7-8,10-11,13-14,17-18H,4,6,9,12H2,1-3H3. The topological polar surface area (TPSA) is 39.4 Å². The van der Waals surface area contributed by atoms with Crippen molar-refractivity contribution in [2.75, 3.05) is 7.11 Å². The summed E-state index contributed by atoms with van der Waals surface area (Å²) in [6.07, 6.45) is 14.4. The summed E-state index contributed by atoms with van der Waals surface area (Å²) in [6, 6.07) is 2.06. The predicted octanol–water partition coefficient (Wildman–Crippen LogP) is 4.55. The van der Waals surface area contributed by atoms with E-state index in [2.05, 4.69) is 38.1 Å². The van der Waals surface area contributed by atoms with Gasteiger partial charge in [-0.25, -0.2) is 0 Å². The lowest BCUT2D eigenvalue weighted by Crippen LogP contribution is -2.46. The van der Waals surface area contributed by atoms with Gasteiger partial charge in [0.2, 0.25) is 0 Å². The van der Waals surface area contributed by atoms with Crippen LogP contribution in [0.2, 0.25) is 0 Å². The summed E-state index contributed by atoms with van der Waals surface area (Å²) in [7, 11) is 1.51. The van der Waals surface area contributed by atoms with Crippen LogP contribution in [-0.4, -0.2) is 13.1 Å². The Hall–Kier alpha value is -1.77. The molecule has 3 heteroatoms. The third kappa shape index (κ3) is 2.00. The van der Waals surface area contributed by atoms with Crippen molar-refractivity contribution in [1.29, 1.82) is 0 Å². The van der Waals surface area contributed by atoms with Crippen molar-refractivity contribution in [1.82, 2.24) is 0 Å². The zero-order chi connectivity index (χ0) is 16.9. The third-order valence-electron chi connectivity index (χ3n) is 7.12. The lowest BCUT2D eigenvalue weighted by molar-refractivity contribution is -0.153. The van der Waals surface area contributed by atoms with Crippen LogP contribution in [0.1, 0.15) is 38.7 Å². The van der Waals surface area contributed by atoms with Crippen LogP contribution >= 0.6 is 0 Å². The van der Waals surface area contributed by atoms with E-state index in [9.17, 15) is 4.79 Å². The number of carbonyl (C=O) groups is 1. The van der Waals surface area contributed by atoms with Crippen molar-refractivity contribution in [3.05, 3.63) is 48.0 Å². The molecule has 1 heterocycles. The van der Waals surface area contributed by atoms with Crippen molar-refractivity contribution in [2.45, 2.75) is 39.5 Å². The Morgan fingerprint density at radius 2 is 2.29 bits per heavy atom. The second kappa shape index (κ2) is 5.37. The summed E-state index contributed by atoms with van der Waals surface area (Å²) in [5.74, 6) is 1.31. The molecule has 0 amide bonds. The van der Waals surface area contributed by atoms with Crippen LogP contribution in [-0.2, 0) is 16.0 Å². The second-order valence-corrected chi connectivity index (χ2v) is 8.12. The first-order chi connectivity index (χ1) is 11.5. The van der Waals surface area contributed by atoms with Gasteiger partial charge in [-0.3, -0.25) is 4.79 Å². The van der Waals surface area contributed by atoms with E-state index in [4.69, 9.17) is 9.15 Å². The van der Waals surface area contributed by atoms with Gasteiger partial charge in [0, 0.05) is 5.92 Å². The van der Waals surface area contributed by atoms with Crippen molar-refractivity contribution >= 4 is 5.97 Å². The molecule has 0 radical (unpaired) electrons. The molecule has 0 saturated heterocycles. The van der Waals surface area contributed by atoms with E-state index >= 15 is 0 Å². The molecule has 0 N–H and O–H groups in total. The maximum Gasteiger partial charge on any atom is 0.316 e. The molecule has 0 aliphatic heterocycles. The molecule has 3 nitrogen and oxygen atoms in total. The number of carbonyl (C=O) groups excluding carboxylic acids is 1. The van der Waals surface area contributed by atoms with E-state index in [1.54, 1.807) is 6.26 Å².